The van der Waals surface area contributed by atoms with Gasteiger partial charge in [-0.25, -0.2) is 0 Å². The van der Waals surface area contributed by atoms with Crippen molar-refractivity contribution < 1.29 is 9.53 Å². The predicted molar refractivity (Wildman–Crippen MR) is 70.9 cm³/mol. The molecule has 0 bridgehead atoms. The number of ether oxygens (including phenoxy) is 1. The Morgan fingerprint density at radius 1 is 1.17 bits per heavy atom. The summed E-state index contributed by atoms with van der Waals surface area (Å²) >= 11 is 0. The number of para-hydroxylation sites is 1. The van der Waals surface area contributed by atoms with Crippen molar-refractivity contribution in [3.63, 3.8) is 0 Å². The van der Waals surface area contributed by atoms with E-state index in [2.05, 4.69) is 6.92 Å². The Morgan fingerprint density at radius 2 is 1.94 bits per heavy atom. The van der Waals surface area contributed by atoms with Crippen LogP contribution in [0.5, 0.6) is 5.75 Å². The second-order valence-corrected chi connectivity index (χ2v) is 5.71. The highest BCUT2D eigenvalue weighted by Gasteiger charge is 2.35. The van der Waals surface area contributed by atoms with Gasteiger partial charge in [0.2, 0.25) is 0 Å². The van der Waals surface area contributed by atoms with Crippen molar-refractivity contribution in [2.24, 2.45) is 11.8 Å². The van der Waals surface area contributed by atoms with Crippen LogP contribution in [0.15, 0.2) is 24.3 Å². The summed E-state index contributed by atoms with van der Waals surface area (Å²) in [6, 6.07) is 7.65. The summed E-state index contributed by atoms with van der Waals surface area (Å²) in [4.78, 5) is 12.2. The molecule has 0 N–H and O–H groups in total. The SMILES string of the molecule is CC1CCCCC1C1CC(=O)c2ccccc2O1. The van der Waals surface area contributed by atoms with Gasteiger partial charge in [-0.05, 0) is 30.4 Å². The lowest BCUT2D eigenvalue weighted by molar-refractivity contribution is 0.0495. The van der Waals surface area contributed by atoms with Crippen LogP contribution in [-0.2, 0) is 0 Å². The van der Waals surface area contributed by atoms with Crippen molar-refractivity contribution in [3.05, 3.63) is 29.8 Å². The number of Topliss-reactive ketones (excluding diaryl/α,β-unsaturated/α-hetero) is 1. The van der Waals surface area contributed by atoms with Crippen molar-refractivity contribution >= 4 is 5.78 Å². The average Bonchev–Trinajstić information content (AvgIpc) is 2.39. The van der Waals surface area contributed by atoms with Gasteiger partial charge in [-0.2, -0.15) is 0 Å². The van der Waals surface area contributed by atoms with Gasteiger partial charge in [0.1, 0.15) is 11.9 Å². The first-order chi connectivity index (χ1) is 8.75. The molecular formula is C16H20O2. The lowest BCUT2D eigenvalue weighted by Gasteiger charge is -2.37. The smallest absolute Gasteiger partial charge is 0.170 e. The lowest BCUT2D eigenvalue weighted by atomic mass is 9.75. The molecule has 1 heterocycles. The molecule has 3 atom stereocenters. The van der Waals surface area contributed by atoms with Crippen LogP contribution in [0.25, 0.3) is 0 Å². The molecule has 3 rings (SSSR count). The van der Waals surface area contributed by atoms with Crippen LogP contribution in [0.3, 0.4) is 0 Å². The second kappa shape index (κ2) is 4.75. The van der Waals surface area contributed by atoms with Crippen molar-refractivity contribution in [1.29, 1.82) is 0 Å². The summed E-state index contributed by atoms with van der Waals surface area (Å²) in [5, 5.41) is 0. The first kappa shape index (κ1) is 11.8. The monoisotopic (exact) mass is 244 g/mol. The number of benzene rings is 1. The highest BCUT2D eigenvalue weighted by atomic mass is 16.5. The first-order valence-corrected chi connectivity index (χ1v) is 7.04. The summed E-state index contributed by atoms with van der Waals surface area (Å²) in [5.41, 5.74) is 0.761. The molecule has 1 fully saturated rings. The largest absolute Gasteiger partial charge is 0.489 e. The van der Waals surface area contributed by atoms with E-state index in [4.69, 9.17) is 4.74 Å². The molecule has 0 spiro atoms. The fraction of sp³-hybridized carbons (Fsp3) is 0.562. The van der Waals surface area contributed by atoms with Crippen LogP contribution >= 0.6 is 0 Å². The van der Waals surface area contributed by atoms with Gasteiger partial charge in [-0.1, -0.05) is 38.3 Å². The Hall–Kier alpha value is -1.31. The van der Waals surface area contributed by atoms with Crippen molar-refractivity contribution in [1.82, 2.24) is 0 Å². The molecule has 1 aliphatic heterocycles. The minimum absolute atomic E-state index is 0.0997. The minimum atomic E-state index is 0.0997. The Balaban J connectivity index is 1.83. The summed E-state index contributed by atoms with van der Waals surface area (Å²) in [5.74, 6) is 2.27. The van der Waals surface area contributed by atoms with Gasteiger partial charge in [0, 0.05) is 6.42 Å². The molecule has 96 valence electrons. The highest BCUT2D eigenvalue weighted by Crippen LogP contribution is 2.38. The molecule has 1 aliphatic carbocycles. The van der Waals surface area contributed by atoms with Crippen LogP contribution in [0, 0.1) is 11.8 Å². The Labute approximate surface area is 108 Å². The summed E-state index contributed by atoms with van der Waals surface area (Å²) in [6.07, 6.45) is 5.76. The van der Waals surface area contributed by atoms with Gasteiger partial charge in [0.25, 0.3) is 0 Å². The van der Waals surface area contributed by atoms with Crippen molar-refractivity contribution in [2.75, 3.05) is 0 Å². The molecular weight excluding hydrogens is 224 g/mol. The molecule has 2 aliphatic rings. The maximum absolute atomic E-state index is 12.2. The van der Waals surface area contributed by atoms with E-state index >= 15 is 0 Å². The van der Waals surface area contributed by atoms with Crippen LogP contribution in [-0.4, -0.2) is 11.9 Å². The molecule has 1 aromatic rings. The Bertz CT molecular complexity index is 452. The topological polar surface area (TPSA) is 26.3 Å². The van der Waals surface area contributed by atoms with Gasteiger partial charge in [-0.3, -0.25) is 4.79 Å². The van der Waals surface area contributed by atoms with Crippen LogP contribution in [0.1, 0.15) is 49.4 Å². The molecule has 3 unspecified atom stereocenters. The predicted octanol–water partition coefficient (Wildman–Crippen LogP) is 3.85. The van der Waals surface area contributed by atoms with E-state index in [1.165, 1.54) is 25.7 Å². The van der Waals surface area contributed by atoms with E-state index in [1.807, 2.05) is 24.3 Å². The number of hydrogen-bond donors (Lipinski definition) is 0. The summed E-state index contributed by atoms with van der Waals surface area (Å²) in [6.45, 7) is 2.30. The Morgan fingerprint density at radius 3 is 2.78 bits per heavy atom. The molecule has 2 nitrogen and oxygen atoms in total. The maximum atomic E-state index is 12.2. The standard InChI is InChI=1S/C16H20O2/c1-11-6-2-3-7-12(11)16-10-14(17)13-8-4-5-9-15(13)18-16/h4-5,8-9,11-12,16H,2-3,6-7,10H2,1H3. The average molecular weight is 244 g/mol. The first-order valence-electron chi connectivity index (χ1n) is 7.04. The van der Waals surface area contributed by atoms with E-state index in [9.17, 15) is 4.79 Å². The van der Waals surface area contributed by atoms with Crippen molar-refractivity contribution in [2.45, 2.75) is 45.1 Å². The van der Waals surface area contributed by atoms with Gasteiger partial charge < -0.3 is 4.74 Å². The Kier molecular flexibility index (Phi) is 3.11. The molecule has 18 heavy (non-hydrogen) atoms. The number of hydrogen-bond acceptors (Lipinski definition) is 2. The van der Waals surface area contributed by atoms with Crippen LogP contribution in [0.4, 0.5) is 0 Å². The van der Waals surface area contributed by atoms with E-state index in [0.717, 1.165) is 11.3 Å². The third-order valence-corrected chi connectivity index (χ3v) is 4.51. The molecule has 1 aromatic carbocycles. The molecule has 0 radical (unpaired) electrons. The van der Waals surface area contributed by atoms with Gasteiger partial charge in [0.15, 0.2) is 5.78 Å². The van der Waals surface area contributed by atoms with Gasteiger partial charge >= 0.3 is 0 Å². The number of fused-ring (bicyclic) bond motifs is 1. The second-order valence-electron chi connectivity index (χ2n) is 5.71. The molecule has 1 saturated carbocycles. The number of carbonyl (C=O) groups excluding carboxylic acids is 1. The van der Waals surface area contributed by atoms with Crippen molar-refractivity contribution in [3.8, 4) is 5.75 Å². The number of ketones is 1. The van der Waals surface area contributed by atoms with E-state index in [-0.39, 0.29) is 11.9 Å². The van der Waals surface area contributed by atoms with E-state index in [0.29, 0.717) is 18.3 Å². The highest BCUT2D eigenvalue weighted by molar-refractivity contribution is 5.99. The van der Waals surface area contributed by atoms with Crippen LogP contribution < -0.4 is 4.74 Å². The molecule has 0 aromatic heterocycles. The maximum Gasteiger partial charge on any atom is 0.170 e. The summed E-state index contributed by atoms with van der Waals surface area (Å²) in [7, 11) is 0. The van der Waals surface area contributed by atoms with E-state index < -0.39 is 0 Å². The zero-order valence-electron chi connectivity index (χ0n) is 10.9. The normalized spacial score (nSPS) is 31.6. The quantitative estimate of drug-likeness (QED) is 0.750. The van der Waals surface area contributed by atoms with Crippen LogP contribution in [0.2, 0.25) is 0 Å². The fourth-order valence-electron chi connectivity index (χ4n) is 3.43. The summed E-state index contributed by atoms with van der Waals surface area (Å²) < 4.78 is 6.09. The molecule has 0 amide bonds. The third kappa shape index (κ3) is 2.05. The molecule has 0 saturated heterocycles. The number of carbonyl (C=O) groups is 1. The van der Waals surface area contributed by atoms with Gasteiger partial charge in [-0.15, -0.1) is 0 Å². The zero-order valence-corrected chi connectivity index (χ0v) is 10.9. The lowest BCUT2D eigenvalue weighted by Crippen LogP contribution is -2.38. The van der Waals surface area contributed by atoms with E-state index in [1.54, 1.807) is 0 Å². The third-order valence-electron chi connectivity index (χ3n) is 4.51. The minimum Gasteiger partial charge on any atom is -0.489 e. The fourth-order valence-corrected chi connectivity index (χ4v) is 3.43. The number of rotatable bonds is 1. The zero-order chi connectivity index (χ0) is 12.5. The molecule has 2 heteroatoms. The van der Waals surface area contributed by atoms with Gasteiger partial charge in [0.05, 0.1) is 5.56 Å².